The molecule has 4 heterocycles. The normalized spacial score (nSPS) is 15.2. The third-order valence-electron chi connectivity index (χ3n) is 6.76. The Balaban J connectivity index is 1.46. The maximum atomic E-state index is 13.2. The Morgan fingerprint density at radius 2 is 2.00 bits per heavy atom. The van der Waals surface area contributed by atoms with Crippen molar-refractivity contribution in [2.45, 2.75) is 39.3 Å². The van der Waals surface area contributed by atoms with Gasteiger partial charge >= 0.3 is 6.61 Å². The number of aliphatic hydroxyl groups is 1. The minimum atomic E-state index is -3.08. The number of rotatable bonds is 9. The van der Waals surface area contributed by atoms with E-state index >= 15 is 0 Å². The van der Waals surface area contributed by atoms with E-state index in [9.17, 15) is 18.7 Å². The van der Waals surface area contributed by atoms with Gasteiger partial charge in [-0.1, -0.05) is 11.6 Å². The number of hydrogen-bond donors (Lipinski definition) is 2. The summed E-state index contributed by atoms with van der Waals surface area (Å²) in [5.74, 6) is -0.289. The van der Waals surface area contributed by atoms with Crippen molar-refractivity contribution in [1.82, 2.24) is 34.2 Å². The first-order valence-electron chi connectivity index (χ1n) is 12.8. The van der Waals surface area contributed by atoms with Gasteiger partial charge in [0.05, 0.1) is 17.4 Å². The van der Waals surface area contributed by atoms with Gasteiger partial charge in [-0.25, -0.2) is 9.50 Å². The highest BCUT2D eigenvalue weighted by Gasteiger charge is 2.25. The van der Waals surface area contributed by atoms with Crippen molar-refractivity contribution in [1.29, 1.82) is 0 Å². The Morgan fingerprint density at radius 3 is 2.73 bits per heavy atom. The van der Waals surface area contributed by atoms with E-state index in [0.29, 0.717) is 30.3 Å². The lowest BCUT2D eigenvalue weighted by Gasteiger charge is -2.36. The molecule has 3 aromatic heterocycles. The second-order valence-electron chi connectivity index (χ2n) is 9.65. The number of anilines is 1. The summed E-state index contributed by atoms with van der Waals surface area (Å²) in [7, 11) is 0. The molecule has 0 aliphatic carbocycles. The van der Waals surface area contributed by atoms with Crippen LogP contribution in [0.25, 0.3) is 16.9 Å². The number of ether oxygens (including phenoxy) is 1. The highest BCUT2D eigenvalue weighted by Crippen LogP contribution is 2.38. The van der Waals surface area contributed by atoms with Gasteiger partial charge in [-0.15, -0.1) is 0 Å². The Labute approximate surface area is 233 Å². The molecule has 4 aromatic rings. The molecule has 1 atom stereocenters. The van der Waals surface area contributed by atoms with Crippen LogP contribution in [0.5, 0.6) is 5.75 Å². The van der Waals surface area contributed by atoms with Crippen molar-refractivity contribution < 1.29 is 23.4 Å². The molecule has 1 aliphatic rings. The molecule has 1 amide bonds. The van der Waals surface area contributed by atoms with E-state index in [1.807, 2.05) is 0 Å². The number of amides is 1. The number of nitrogens with one attached hydrogen (secondary N) is 1. The van der Waals surface area contributed by atoms with Crippen molar-refractivity contribution in [2.24, 2.45) is 0 Å². The van der Waals surface area contributed by atoms with E-state index in [1.54, 1.807) is 23.4 Å². The van der Waals surface area contributed by atoms with Crippen LogP contribution < -0.4 is 10.1 Å². The van der Waals surface area contributed by atoms with E-state index in [4.69, 9.17) is 16.3 Å². The standard InChI is InChI=1S/C26H29ClF2N8O3/c1-16(2)34-8-10-35(11-9-34)22(38)15-36-14-20(32-25(39)19-13-31-37-7-3-6-30-24(19)37)23(33-36)18-12-17(27)4-5-21(18)40-26(28)29/h3-7,12-14,16,25-26,32,39H,8-11,15H2,1-2H3. The van der Waals surface area contributed by atoms with E-state index in [0.717, 1.165) is 13.1 Å². The smallest absolute Gasteiger partial charge is 0.387 e. The van der Waals surface area contributed by atoms with Crippen molar-refractivity contribution in [3.05, 3.63) is 59.6 Å². The summed E-state index contributed by atoms with van der Waals surface area (Å²) < 4.78 is 34.1. The van der Waals surface area contributed by atoms with Gasteiger partial charge in [-0.05, 0) is 38.1 Å². The van der Waals surface area contributed by atoms with Gasteiger partial charge in [-0.2, -0.15) is 19.0 Å². The molecule has 2 N–H and O–H groups in total. The van der Waals surface area contributed by atoms with Crippen LogP contribution in [0, 0.1) is 0 Å². The molecule has 1 fully saturated rings. The molecular weight excluding hydrogens is 546 g/mol. The zero-order valence-electron chi connectivity index (χ0n) is 21.9. The van der Waals surface area contributed by atoms with E-state index < -0.39 is 12.8 Å². The van der Waals surface area contributed by atoms with Crippen LogP contribution in [-0.4, -0.2) is 84.0 Å². The van der Waals surface area contributed by atoms with Crippen LogP contribution >= 0.6 is 11.6 Å². The third kappa shape index (κ3) is 6.01. The number of hydrogen-bond acceptors (Lipinski definition) is 8. The number of aromatic nitrogens is 5. The van der Waals surface area contributed by atoms with Gasteiger partial charge in [0.25, 0.3) is 0 Å². The Kier molecular flexibility index (Phi) is 8.14. The van der Waals surface area contributed by atoms with Crippen molar-refractivity contribution >= 4 is 28.8 Å². The molecule has 1 unspecified atom stereocenters. The molecule has 0 bridgehead atoms. The van der Waals surface area contributed by atoms with Crippen LogP contribution in [0.2, 0.25) is 5.02 Å². The van der Waals surface area contributed by atoms with E-state index in [-0.39, 0.29) is 40.2 Å². The molecule has 11 nitrogen and oxygen atoms in total. The summed E-state index contributed by atoms with van der Waals surface area (Å²) in [4.78, 5) is 21.5. The minimum Gasteiger partial charge on any atom is -0.434 e. The van der Waals surface area contributed by atoms with Gasteiger partial charge in [-0.3, -0.25) is 14.4 Å². The molecule has 0 spiro atoms. The monoisotopic (exact) mass is 574 g/mol. The lowest BCUT2D eigenvalue weighted by Crippen LogP contribution is -2.51. The summed E-state index contributed by atoms with van der Waals surface area (Å²) in [6, 6.07) is 6.28. The fraction of sp³-hybridized carbons (Fsp3) is 0.385. The largest absolute Gasteiger partial charge is 0.434 e. The number of carbonyl (C=O) groups is 1. The second-order valence-corrected chi connectivity index (χ2v) is 10.1. The SMILES string of the molecule is CC(C)N1CCN(C(=O)Cn2cc(NC(O)c3cnn4cccnc34)c(-c3cc(Cl)ccc3OC(F)F)n2)CC1. The number of carbonyl (C=O) groups excluding carboxylic acids is 1. The van der Waals surface area contributed by atoms with Crippen molar-refractivity contribution in [3.8, 4) is 17.0 Å². The fourth-order valence-electron chi connectivity index (χ4n) is 4.68. The maximum Gasteiger partial charge on any atom is 0.387 e. The third-order valence-corrected chi connectivity index (χ3v) is 7.00. The average Bonchev–Trinajstić information content (AvgIpc) is 3.53. The van der Waals surface area contributed by atoms with Gasteiger partial charge in [0.15, 0.2) is 11.9 Å². The molecule has 1 aromatic carbocycles. The molecule has 0 radical (unpaired) electrons. The quantitative estimate of drug-likeness (QED) is 0.292. The molecule has 40 heavy (non-hydrogen) atoms. The highest BCUT2D eigenvalue weighted by molar-refractivity contribution is 6.31. The van der Waals surface area contributed by atoms with Crippen LogP contribution in [0.3, 0.4) is 0 Å². The summed E-state index contributed by atoms with van der Waals surface area (Å²) in [6.45, 7) is 3.81. The highest BCUT2D eigenvalue weighted by atomic mass is 35.5. The molecule has 0 saturated carbocycles. The Morgan fingerprint density at radius 1 is 1.23 bits per heavy atom. The number of halogens is 3. The van der Waals surface area contributed by atoms with Crippen molar-refractivity contribution in [2.75, 3.05) is 31.5 Å². The number of fused-ring (bicyclic) bond motifs is 1. The number of piperazine rings is 1. The Bertz CT molecular complexity index is 1490. The summed E-state index contributed by atoms with van der Waals surface area (Å²) in [5.41, 5.74) is 1.41. The first-order chi connectivity index (χ1) is 19.2. The Hall–Kier alpha value is -3.81. The number of alkyl halides is 2. The predicted molar refractivity (Wildman–Crippen MR) is 144 cm³/mol. The lowest BCUT2D eigenvalue weighted by atomic mass is 10.1. The van der Waals surface area contributed by atoms with Crippen LogP contribution in [-0.2, 0) is 11.3 Å². The van der Waals surface area contributed by atoms with Gasteiger partial charge < -0.3 is 20.1 Å². The average molecular weight is 575 g/mol. The first-order valence-corrected chi connectivity index (χ1v) is 13.1. The molecule has 1 saturated heterocycles. The van der Waals surface area contributed by atoms with Gasteiger partial charge in [0.1, 0.15) is 18.0 Å². The minimum absolute atomic E-state index is 0.0870. The molecule has 212 valence electrons. The number of benzene rings is 1. The van der Waals surface area contributed by atoms with Crippen molar-refractivity contribution in [3.63, 3.8) is 0 Å². The topological polar surface area (TPSA) is 113 Å². The van der Waals surface area contributed by atoms with E-state index in [2.05, 4.69) is 39.2 Å². The zero-order valence-corrected chi connectivity index (χ0v) is 22.7. The summed E-state index contributed by atoms with van der Waals surface area (Å²) >= 11 is 6.20. The van der Waals surface area contributed by atoms with Crippen LogP contribution in [0.1, 0.15) is 25.6 Å². The van der Waals surface area contributed by atoms with Gasteiger partial charge in [0, 0.05) is 61.4 Å². The first kappa shape index (κ1) is 27.7. The molecular formula is C26H29ClF2N8O3. The summed E-state index contributed by atoms with van der Waals surface area (Å²) in [6.07, 6.45) is 4.97. The molecule has 14 heteroatoms. The van der Waals surface area contributed by atoms with Crippen LogP contribution in [0.15, 0.2) is 49.1 Å². The predicted octanol–water partition coefficient (Wildman–Crippen LogP) is 3.50. The van der Waals surface area contributed by atoms with Crippen LogP contribution in [0.4, 0.5) is 14.5 Å². The zero-order chi connectivity index (χ0) is 28.4. The summed E-state index contributed by atoms with van der Waals surface area (Å²) in [5, 5.41) is 23.0. The second kappa shape index (κ2) is 11.7. The lowest BCUT2D eigenvalue weighted by molar-refractivity contribution is -0.134. The van der Waals surface area contributed by atoms with Gasteiger partial charge in [0.2, 0.25) is 5.91 Å². The fourth-order valence-corrected chi connectivity index (χ4v) is 4.85. The maximum absolute atomic E-state index is 13.2. The van der Waals surface area contributed by atoms with E-state index in [1.165, 1.54) is 39.8 Å². The molecule has 1 aliphatic heterocycles. The molecule has 5 rings (SSSR count). The number of nitrogens with zero attached hydrogens (tertiary/aromatic N) is 7. The number of aliphatic hydroxyl groups excluding tert-OH is 1.